The molecule has 0 aromatic carbocycles. The number of aromatic nitrogens is 3. The summed E-state index contributed by atoms with van der Waals surface area (Å²) in [5.41, 5.74) is 0.272. The van der Waals surface area contributed by atoms with Crippen molar-refractivity contribution in [3.05, 3.63) is 6.33 Å². The molecule has 1 saturated carbocycles. The zero-order valence-electron chi connectivity index (χ0n) is 13.3. The fourth-order valence-corrected chi connectivity index (χ4v) is 4.47. The first kappa shape index (κ1) is 16.4. The van der Waals surface area contributed by atoms with Crippen LogP contribution in [-0.4, -0.2) is 40.3 Å². The Labute approximate surface area is 143 Å². The van der Waals surface area contributed by atoms with Crippen LogP contribution in [0, 0.1) is 5.41 Å². The van der Waals surface area contributed by atoms with Crippen LogP contribution in [-0.2, 0) is 9.53 Å². The van der Waals surface area contributed by atoms with Crippen molar-refractivity contribution in [2.75, 3.05) is 24.7 Å². The van der Waals surface area contributed by atoms with Crippen LogP contribution < -0.4 is 5.32 Å². The van der Waals surface area contributed by atoms with Crippen LogP contribution in [0.5, 0.6) is 0 Å². The lowest BCUT2D eigenvalue weighted by Gasteiger charge is -2.26. The minimum atomic E-state index is -0.430. The Morgan fingerprint density at radius 3 is 2.91 bits per heavy atom. The predicted molar refractivity (Wildman–Crippen MR) is 93.0 cm³/mol. The van der Waals surface area contributed by atoms with E-state index in [2.05, 4.69) is 20.3 Å². The number of esters is 1. The van der Waals surface area contributed by atoms with E-state index in [1.807, 2.05) is 13.2 Å². The number of carbonyl (C=O) groups excluding carboxylic acids is 1. The van der Waals surface area contributed by atoms with Crippen LogP contribution in [0.2, 0.25) is 0 Å². The molecule has 1 N–H and O–H groups in total. The standard InChI is InChI=1S/C15H20N4O2S2/c1-3-21-13(20)15(6-4-5-7-15)8-16-11-10-12(18-9-17-11)19-14(22-2)23-10/h9H,3-8H2,1-2H3,(H,16,17,18). The minimum absolute atomic E-state index is 0.0931. The van der Waals surface area contributed by atoms with E-state index in [4.69, 9.17) is 4.74 Å². The van der Waals surface area contributed by atoms with Gasteiger partial charge >= 0.3 is 5.97 Å². The summed E-state index contributed by atoms with van der Waals surface area (Å²) in [5.74, 6) is 0.660. The van der Waals surface area contributed by atoms with E-state index < -0.39 is 5.41 Å². The van der Waals surface area contributed by atoms with Crippen molar-refractivity contribution in [3.63, 3.8) is 0 Å². The van der Waals surface area contributed by atoms with Crippen LogP contribution in [0.15, 0.2) is 10.7 Å². The molecule has 23 heavy (non-hydrogen) atoms. The lowest BCUT2D eigenvalue weighted by atomic mass is 9.86. The number of hydrogen-bond acceptors (Lipinski definition) is 8. The smallest absolute Gasteiger partial charge is 0.313 e. The molecule has 1 aliphatic rings. The molecular weight excluding hydrogens is 332 g/mol. The molecule has 2 aromatic rings. The van der Waals surface area contributed by atoms with Gasteiger partial charge < -0.3 is 10.1 Å². The number of hydrogen-bond donors (Lipinski definition) is 1. The third-order valence-corrected chi connectivity index (χ3v) is 6.25. The molecule has 0 atom stereocenters. The summed E-state index contributed by atoms with van der Waals surface area (Å²) >= 11 is 3.17. The molecular formula is C15H20N4O2S2. The van der Waals surface area contributed by atoms with Crippen LogP contribution in [0.4, 0.5) is 5.82 Å². The van der Waals surface area contributed by atoms with E-state index in [9.17, 15) is 4.79 Å². The molecule has 3 rings (SSSR count). The third kappa shape index (κ3) is 3.28. The van der Waals surface area contributed by atoms with Gasteiger partial charge in [-0.25, -0.2) is 15.0 Å². The molecule has 1 aliphatic carbocycles. The monoisotopic (exact) mass is 352 g/mol. The lowest BCUT2D eigenvalue weighted by molar-refractivity contribution is -0.154. The molecule has 0 unspecified atom stereocenters. The predicted octanol–water partition coefficient (Wildman–Crippen LogP) is 3.34. The number of anilines is 1. The minimum Gasteiger partial charge on any atom is -0.466 e. The van der Waals surface area contributed by atoms with Gasteiger partial charge in [0.1, 0.15) is 16.8 Å². The van der Waals surface area contributed by atoms with Crippen LogP contribution in [0.3, 0.4) is 0 Å². The van der Waals surface area contributed by atoms with Crippen molar-refractivity contribution in [3.8, 4) is 0 Å². The Morgan fingerprint density at radius 2 is 2.22 bits per heavy atom. The average Bonchev–Trinajstić information content (AvgIpc) is 3.20. The zero-order chi connectivity index (χ0) is 16.3. The SMILES string of the molecule is CCOC(=O)C1(CNc2ncnc3nc(SC)sc23)CCCC1. The van der Waals surface area contributed by atoms with Gasteiger partial charge in [0.15, 0.2) is 9.99 Å². The highest BCUT2D eigenvalue weighted by Gasteiger charge is 2.42. The number of thiazole rings is 1. The van der Waals surface area contributed by atoms with Crippen molar-refractivity contribution in [2.24, 2.45) is 5.41 Å². The molecule has 8 heteroatoms. The summed E-state index contributed by atoms with van der Waals surface area (Å²) in [6.07, 6.45) is 7.37. The molecule has 6 nitrogen and oxygen atoms in total. The highest BCUT2D eigenvalue weighted by molar-refractivity contribution is 8.00. The van der Waals surface area contributed by atoms with Gasteiger partial charge in [-0.2, -0.15) is 0 Å². The lowest BCUT2D eigenvalue weighted by Crippen LogP contribution is -2.37. The molecule has 0 amide bonds. The first-order valence-corrected chi connectivity index (χ1v) is 9.79. The van der Waals surface area contributed by atoms with Gasteiger partial charge in [-0.05, 0) is 26.0 Å². The summed E-state index contributed by atoms with van der Waals surface area (Å²) in [6.45, 7) is 2.82. The van der Waals surface area contributed by atoms with Gasteiger partial charge in [-0.15, -0.1) is 11.3 Å². The number of nitrogens with zero attached hydrogens (tertiary/aromatic N) is 3. The van der Waals surface area contributed by atoms with E-state index >= 15 is 0 Å². The maximum Gasteiger partial charge on any atom is 0.313 e. The Kier molecular flexibility index (Phi) is 5.01. The largest absolute Gasteiger partial charge is 0.466 e. The summed E-state index contributed by atoms with van der Waals surface area (Å²) < 4.78 is 7.20. The van der Waals surface area contributed by atoms with Gasteiger partial charge in [0.2, 0.25) is 0 Å². The molecule has 1 fully saturated rings. The van der Waals surface area contributed by atoms with E-state index in [1.165, 1.54) is 6.33 Å². The highest BCUT2D eigenvalue weighted by Crippen LogP contribution is 2.40. The molecule has 0 saturated heterocycles. The number of fused-ring (bicyclic) bond motifs is 1. The van der Waals surface area contributed by atoms with Gasteiger partial charge in [0.25, 0.3) is 0 Å². The van der Waals surface area contributed by atoms with Crippen LogP contribution in [0.25, 0.3) is 10.3 Å². The van der Waals surface area contributed by atoms with Gasteiger partial charge in [0.05, 0.1) is 12.0 Å². The number of rotatable bonds is 6. The third-order valence-electron chi connectivity index (χ3n) is 4.21. The van der Waals surface area contributed by atoms with Crippen LogP contribution in [0.1, 0.15) is 32.6 Å². The van der Waals surface area contributed by atoms with Crippen molar-refractivity contribution in [1.82, 2.24) is 15.0 Å². The van der Waals surface area contributed by atoms with Gasteiger partial charge in [-0.1, -0.05) is 24.6 Å². The van der Waals surface area contributed by atoms with E-state index in [1.54, 1.807) is 23.1 Å². The maximum absolute atomic E-state index is 12.4. The second kappa shape index (κ2) is 7.00. The van der Waals surface area contributed by atoms with E-state index in [-0.39, 0.29) is 5.97 Å². The van der Waals surface area contributed by atoms with Crippen molar-refractivity contribution < 1.29 is 9.53 Å². The normalized spacial score (nSPS) is 16.6. The zero-order valence-corrected chi connectivity index (χ0v) is 14.9. The Hall–Kier alpha value is -1.41. The van der Waals surface area contributed by atoms with Gasteiger partial charge in [-0.3, -0.25) is 4.79 Å². The molecule has 0 spiro atoms. The first-order valence-electron chi connectivity index (χ1n) is 7.75. The topological polar surface area (TPSA) is 77.0 Å². The number of nitrogens with one attached hydrogen (secondary N) is 1. The quantitative estimate of drug-likeness (QED) is 0.631. The summed E-state index contributed by atoms with van der Waals surface area (Å²) in [7, 11) is 0. The van der Waals surface area contributed by atoms with Crippen molar-refractivity contribution >= 4 is 45.2 Å². The number of ether oxygens (including phenoxy) is 1. The molecule has 0 bridgehead atoms. The average molecular weight is 352 g/mol. The van der Waals surface area contributed by atoms with E-state index in [0.717, 1.165) is 40.5 Å². The summed E-state index contributed by atoms with van der Waals surface area (Å²) in [4.78, 5) is 25.4. The Bertz CT molecular complexity index is 698. The molecule has 2 heterocycles. The van der Waals surface area contributed by atoms with E-state index in [0.29, 0.717) is 18.8 Å². The Morgan fingerprint density at radius 1 is 1.43 bits per heavy atom. The van der Waals surface area contributed by atoms with Gasteiger partial charge in [0, 0.05) is 6.54 Å². The highest BCUT2D eigenvalue weighted by atomic mass is 32.2. The Balaban J connectivity index is 1.81. The molecule has 0 radical (unpaired) electrons. The fraction of sp³-hybridized carbons (Fsp3) is 0.600. The maximum atomic E-state index is 12.4. The summed E-state index contributed by atoms with van der Waals surface area (Å²) in [5, 5.41) is 3.36. The van der Waals surface area contributed by atoms with Crippen LogP contribution >= 0.6 is 23.1 Å². The second-order valence-electron chi connectivity index (χ2n) is 5.62. The molecule has 2 aromatic heterocycles. The van der Waals surface area contributed by atoms with Crippen molar-refractivity contribution in [2.45, 2.75) is 36.9 Å². The first-order chi connectivity index (χ1) is 11.2. The fourth-order valence-electron chi connectivity index (χ4n) is 2.99. The number of thioether (sulfide) groups is 1. The van der Waals surface area contributed by atoms with Crippen molar-refractivity contribution in [1.29, 1.82) is 0 Å². The molecule has 0 aliphatic heterocycles. The summed E-state index contributed by atoms with van der Waals surface area (Å²) in [6, 6.07) is 0. The molecule has 124 valence electrons. The second-order valence-corrected chi connectivity index (χ2v) is 7.67. The number of carbonyl (C=O) groups is 1.